The van der Waals surface area contributed by atoms with Gasteiger partial charge in [0.2, 0.25) is 0 Å². The Bertz CT molecular complexity index is 560. The molecule has 3 nitrogen and oxygen atoms in total. The van der Waals surface area contributed by atoms with E-state index in [4.69, 9.17) is 23.2 Å². The number of aromatic nitrogens is 2. The molecular weight excluding hydrogens is 305 g/mol. The molecule has 0 fully saturated rings. The molecule has 1 aromatic heterocycles. The Balaban J connectivity index is 2.22. The molecule has 2 rings (SSSR count). The van der Waals surface area contributed by atoms with Crippen molar-refractivity contribution in [3.05, 3.63) is 51.8 Å². The van der Waals surface area contributed by atoms with Crippen molar-refractivity contribution in [3.8, 4) is 0 Å². The highest BCUT2D eigenvalue weighted by Crippen LogP contribution is 2.29. The van der Waals surface area contributed by atoms with Gasteiger partial charge in [-0.3, -0.25) is 4.68 Å². The first kappa shape index (κ1) is 16.3. The Kier molecular flexibility index (Phi) is 6.09. The molecule has 0 aliphatic carbocycles. The van der Waals surface area contributed by atoms with Gasteiger partial charge in [0.15, 0.2) is 0 Å². The van der Waals surface area contributed by atoms with Crippen molar-refractivity contribution in [1.82, 2.24) is 15.1 Å². The summed E-state index contributed by atoms with van der Waals surface area (Å²) in [6.45, 7) is 6.06. The SMILES string of the molecule is CCCn1cc(C(Cc2c(Cl)cccc2Cl)NCC)cn1. The number of hydrogen-bond donors (Lipinski definition) is 1. The van der Waals surface area contributed by atoms with Crippen molar-refractivity contribution in [2.24, 2.45) is 0 Å². The number of nitrogens with one attached hydrogen (secondary N) is 1. The Morgan fingerprint density at radius 3 is 2.57 bits per heavy atom. The van der Waals surface area contributed by atoms with Crippen molar-refractivity contribution < 1.29 is 0 Å². The van der Waals surface area contributed by atoms with Crippen molar-refractivity contribution in [1.29, 1.82) is 0 Å². The minimum Gasteiger partial charge on any atom is -0.310 e. The van der Waals surface area contributed by atoms with E-state index in [1.807, 2.05) is 29.1 Å². The molecule has 0 amide bonds. The number of aryl methyl sites for hydroxylation is 1. The van der Waals surface area contributed by atoms with Crippen LogP contribution in [0.4, 0.5) is 0 Å². The van der Waals surface area contributed by atoms with E-state index in [2.05, 4.69) is 30.5 Å². The zero-order chi connectivity index (χ0) is 15.2. The third-order valence-electron chi connectivity index (χ3n) is 3.43. The third kappa shape index (κ3) is 4.22. The molecule has 0 radical (unpaired) electrons. The predicted molar refractivity (Wildman–Crippen MR) is 89.1 cm³/mol. The molecule has 1 heterocycles. The lowest BCUT2D eigenvalue weighted by atomic mass is 10.0. The molecule has 0 saturated heterocycles. The number of rotatable bonds is 7. The number of likely N-dealkylation sites (N-methyl/N-ethyl adjacent to an activating group) is 1. The van der Waals surface area contributed by atoms with Gasteiger partial charge in [0.25, 0.3) is 0 Å². The van der Waals surface area contributed by atoms with Crippen LogP contribution in [0.2, 0.25) is 10.0 Å². The molecule has 0 aliphatic rings. The summed E-state index contributed by atoms with van der Waals surface area (Å²) in [5.74, 6) is 0. The van der Waals surface area contributed by atoms with Crippen LogP contribution in [0.1, 0.15) is 37.4 Å². The van der Waals surface area contributed by atoms with E-state index in [0.717, 1.165) is 31.5 Å². The van der Waals surface area contributed by atoms with E-state index in [1.165, 1.54) is 5.56 Å². The molecule has 1 aromatic carbocycles. The molecule has 1 N–H and O–H groups in total. The van der Waals surface area contributed by atoms with Gasteiger partial charge in [-0.2, -0.15) is 5.10 Å². The Labute approximate surface area is 136 Å². The zero-order valence-electron chi connectivity index (χ0n) is 12.4. The number of hydrogen-bond acceptors (Lipinski definition) is 2. The van der Waals surface area contributed by atoms with E-state index in [0.29, 0.717) is 10.0 Å². The lowest BCUT2D eigenvalue weighted by molar-refractivity contribution is 0.547. The molecule has 21 heavy (non-hydrogen) atoms. The second kappa shape index (κ2) is 7.83. The van der Waals surface area contributed by atoms with Crippen LogP contribution >= 0.6 is 23.2 Å². The summed E-state index contributed by atoms with van der Waals surface area (Å²) in [5, 5.41) is 9.32. The molecule has 1 unspecified atom stereocenters. The van der Waals surface area contributed by atoms with Gasteiger partial charge >= 0.3 is 0 Å². The maximum atomic E-state index is 6.28. The molecule has 2 aromatic rings. The lowest BCUT2D eigenvalue weighted by Crippen LogP contribution is -2.23. The van der Waals surface area contributed by atoms with Crippen molar-refractivity contribution in [3.63, 3.8) is 0 Å². The van der Waals surface area contributed by atoms with Gasteiger partial charge in [0.05, 0.1) is 6.20 Å². The van der Waals surface area contributed by atoms with Crippen LogP contribution in [-0.4, -0.2) is 16.3 Å². The van der Waals surface area contributed by atoms with E-state index < -0.39 is 0 Å². The average molecular weight is 326 g/mol. The summed E-state index contributed by atoms with van der Waals surface area (Å²) in [5.41, 5.74) is 2.15. The highest BCUT2D eigenvalue weighted by molar-refractivity contribution is 6.36. The lowest BCUT2D eigenvalue weighted by Gasteiger charge is -2.18. The fourth-order valence-electron chi connectivity index (χ4n) is 2.40. The van der Waals surface area contributed by atoms with Gasteiger partial charge in [-0.15, -0.1) is 0 Å². The van der Waals surface area contributed by atoms with Gasteiger partial charge in [0, 0.05) is 34.4 Å². The maximum absolute atomic E-state index is 6.28. The Hall–Kier alpha value is -1.03. The normalized spacial score (nSPS) is 12.6. The van der Waals surface area contributed by atoms with Gasteiger partial charge in [-0.05, 0) is 37.1 Å². The largest absolute Gasteiger partial charge is 0.310 e. The first-order valence-corrected chi connectivity index (χ1v) is 8.09. The maximum Gasteiger partial charge on any atom is 0.0537 e. The molecule has 0 bridgehead atoms. The van der Waals surface area contributed by atoms with Crippen molar-refractivity contribution in [2.45, 2.75) is 39.3 Å². The summed E-state index contributed by atoms with van der Waals surface area (Å²) in [6.07, 6.45) is 5.85. The van der Waals surface area contributed by atoms with Crippen LogP contribution in [0, 0.1) is 0 Å². The molecule has 0 aliphatic heterocycles. The average Bonchev–Trinajstić information content (AvgIpc) is 2.91. The first-order chi connectivity index (χ1) is 10.2. The summed E-state index contributed by atoms with van der Waals surface area (Å²) >= 11 is 12.6. The summed E-state index contributed by atoms with van der Waals surface area (Å²) in [4.78, 5) is 0. The molecule has 0 spiro atoms. The summed E-state index contributed by atoms with van der Waals surface area (Å²) in [7, 11) is 0. The van der Waals surface area contributed by atoms with Crippen molar-refractivity contribution >= 4 is 23.2 Å². The van der Waals surface area contributed by atoms with Crippen LogP contribution < -0.4 is 5.32 Å². The number of halogens is 2. The predicted octanol–water partition coefficient (Wildman–Crippen LogP) is 4.49. The number of nitrogens with zero attached hydrogens (tertiary/aromatic N) is 2. The molecule has 0 saturated carbocycles. The minimum absolute atomic E-state index is 0.165. The van der Waals surface area contributed by atoms with Crippen LogP contribution in [0.15, 0.2) is 30.6 Å². The molecule has 5 heteroatoms. The molecular formula is C16H21Cl2N3. The first-order valence-electron chi connectivity index (χ1n) is 7.34. The Morgan fingerprint density at radius 1 is 1.24 bits per heavy atom. The van der Waals surface area contributed by atoms with Crippen molar-refractivity contribution in [2.75, 3.05) is 6.54 Å². The summed E-state index contributed by atoms with van der Waals surface area (Å²) < 4.78 is 1.98. The molecule has 1 atom stereocenters. The van der Waals surface area contributed by atoms with E-state index >= 15 is 0 Å². The minimum atomic E-state index is 0.165. The van der Waals surface area contributed by atoms with Crippen LogP contribution in [0.3, 0.4) is 0 Å². The van der Waals surface area contributed by atoms with E-state index in [-0.39, 0.29) is 6.04 Å². The van der Waals surface area contributed by atoms with Gasteiger partial charge in [-0.25, -0.2) is 0 Å². The quantitative estimate of drug-likeness (QED) is 0.812. The van der Waals surface area contributed by atoms with Crippen LogP contribution in [0.5, 0.6) is 0 Å². The van der Waals surface area contributed by atoms with Crippen LogP contribution in [-0.2, 0) is 13.0 Å². The second-order valence-corrected chi connectivity index (χ2v) is 5.87. The van der Waals surface area contributed by atoms with E-state index in [1.54, 1.807) is 0 Å². The fourth-order valence-corrected chi connectivity index (χ4v) is 2.95. The Morgan fingerprint density at radius 2 is 1.95 bits per heavy atom. The molecule has 114 valence electrons. The zero-order valence-corrected chi connectivity index (χ0v) is 14.0. The van der Waals surface area contributed by atoms with Gasteiger partial charge in [0.1, 0.15) is 0 Å². The van der Waals surface area contributed by atoms with Gasteiger partial charge in [-0.1, -0.05) is 43.1 Å². The topological polar surface area (TPSA) is 29.9 Å². The summed E-state index contributed by atoms with van der Waals surface area (Å²) in [6, 6.07) is 5.80. The third-order valence-corrected chi connectivity index (χ3v) is 4.14. The van der Waals surface area contributed by atoms with Gasteiger partial charge < -0.3 is 5.32 Å². The number of benzene rings is 1. The van der Waals surface area contributed by atoms with Crippen LogP contribution in [0.25, 0.3) is 0 Å². The fraction of sp³-hybridized carbons (Fsp3) is 0.438. The van der Waals surface area contributed by atoms with E-state index in [9.17, 15) is 0 Å². The highest BCUT2D eigenvalue weighted by Gasteiger charge is 2.16. The smallest absolute Gasteiger partial charge is 0.0537 e. The second-order valence-electron chi connectivity index (χ2n) is 5.05. The monoisotopic (exact) mass is 325 g/mol. The standard InChI is InChI=1S/C16H21Cl2N3/c1-3-8-21-11-12(10-20-21)16(19-4-2)9-13-14(17)6-5-7-15(13)18/h5-7,10-11,16,19H,3-4,8-9H2,1-2H3. The highest BCUT2D eigenvalue weighted by atomic mass is 35.5.